The van der Waals surface area contributed by atoms with E-state index in [1.54, 1.807) is 48.5 Å². The van der Waals surface area contributed by atoms with Gasteiger partial charge in [-0.1, -0.05) is 180 Å². The number of aliphatic hydroxyl groups is 2. The fourth-order valence-electron chi connectivity index (χ4n) is 12.1. The number of imide groups is 2. The highest BCUT2D eigenvalue weighted by Gasteiger charge is 2.36. The summed E-state index contributed by atoms with van der Waals surface area (Å²) in [7, 11) is 0. The van der Waals surface area contributed by atoms with E-state index in [1.807, 2.05) is 0 Å². The van der Waals surface area contributed by atoms with Crippen molar-refractivity contribution in [2.24, 2.45) is 11.8 Å². The minimum Gasteiger partial charge on any atom is -0.465 e. The largest absolute Gasteiger partial charge is 0.465 e. The monoisotopic (exact) mass is 1170 g/mol. The number of nitrogens with zero attached hydrogens (tertiary/aromatic N) is 4. The first-order valence-corrected chi connectivity index (χ1v) is 34.0. The van der Waals surface area contributed by atoms with Gasteiger partial charge in [0.1, 0.15) is 0 Å². The molecule has 84 heavy (non-hydrogen) atoms. The Morgan fingerprint density at radius 3 is 0.976 bits per heavy atom. The number of unbranched alkanes of at least 4 members (excludes halogenated alkanes) is 19. The summed E-state index contributed by atoms with van der Waals surface area (Å²) in [6.07, 6.45) is 32.2. The molecule has 2 aromatic carbocycles. The number of carbonyl (C=O) groups is 6. The van der Waals surface area contributed by atoms with Crippen molar-refractivity contribution in [2.75, 3.05) is 65.6 Å². The van der Waals surface area contributed by atoms with Gasteiger partial charge in [-0.25, -0.2) is 0 Å². The highest BCUT2D eigenvalue weighted by Crippen LogP contribution is 2.26. The lowest BCUT2D eigenvalue weighted by molar-refractivity contribution is -0.150. The van der Waals surface area contributed by atoms with Gasteiger partial charge in [0.05, 0.1) is 59.5 Å². The fraction of sp³-hybridized carbons (Fsp3) is 0.743. The molecule has 0 radical (unpaired) electrons. The summed E-state index contributed by atoms with van der Waals surface area (Å²) in [4.78, 5) is 86.6. The number of ether oxygens (including phenoxy) is 2. The van der Waals surface area contributed by atoms with Crippen molar-refractivity contribution in [2.45, 2.75) is 258 Å². The third-order valence-corrected chi connectivity index (χ3v) is 17.2. The average Bonchev–Trinajstić information content (AvgIpc) is 4.09. The first-order chi connectivity index (χ1) is 40.9. The van der Waals surface area contributed by atoms with Crippen molar-refractivity contribution in [3.63, 3.8) is 0 Å². The van der Waals surface area contributed by atoms with E-state index in [4.69, 9.17) is 9.47 Å². The van der Waals surface area contributed by atoms with Gasteiger partial charge in [-0.05, 0) is 140 Å². The van der Waals surface area contributed by atoms with Gasteiger partial charge in [-0.15, -0.1) is 0 Å². The van der Waals surface area contributed by atoms with E-state index in [-0.39, 0.29) is 60.5 Å². The van der Waals surface area contributed by atoms with Crippen LogP contribution in [-0.2, 0) is 19.1 Å². The maximum atomic E-state index is 13.3. The average molecular weight is 1170 g/mol. The molecule has 0 spiro atoms. The molecule has 2 aromatic rings. The Kier molecular flexibility index (Phi) is 37.7. The zero-order valence-electron chi connectivity index (χ0n) is 53.0. The van der Waals surface area contributed by atoms with E-state index in [1.165, 1.54) is 74.0 Å². The van der Waals surface area contributed by atoms with Gasteiger partial charge in [-0.2, -0.15) is 0 Å². The number of hydrogen-bond donors (Lipinski definition) is 2. The van der Waals surface area contributed by atoms with Crippen LogP contribution in [0.2, 0.25) is 0 Å². The van der Waals surface area contributed by atoms with Crippen LogP contribution in [-0.4, -0.2) is 143 Å². The number of benzene rings is 2. The van der Waals surface area contributed by atoms with Gasteiger partial charge >= 0.3 is 11.9 Å². The fourth-order valence-corrected chi connectivity index (χ4v) is 12.1. The molecule has 0 bridgehead atoms. The maximum absolute atomic E-state index is 13.3. The SMILES string of the molecule is CCCCCCCCC(CCCCCC)C(=O)OCCCCC(O)CN(CCCCN(CCCN1C(=O)c2ccccc2C1=O)CC(O)CCCCOC(=O)C(CCCCCC)CCCCCCCC)CCCN1C(=O)c2ccccc2C1=O. The van der Waals surface area contributed by atoms with E-state index in [0.29, 0.717) is 126 Å². The number of hydrogen-bond acceptors (Lipinski definition) is 12. The number of fused-ring (bicyclic) bond motifs is 2. The second kappa shape index (κ2) is 44.0. The number of aliphatic hydroxyl groups excluding tert-OH is 2. The molecule has 0 saturated heterocycles. The van der Waals surface area contributed by atoms with Gasteiger partial charge in [0, 0.05) is 26.2 Å². The first-order valence-electron chi connectivity index (χ1n) is 34.0. The third-order valence-electron chi connectivity index (χ3n) is 17.2. The molecule has 2 N–H and O–H groups in total. The van der Waals surface area contributed by atoms with Crippen molar-refractivity contribution in [3.05, 3.63) is 70.8 Å². The minimum atomic E-state index is -0.626. The van der Waals surface area contributed by atoms with Crippen LogP contribution in [0.15, 0.2) is 48.5 Å². The lowest BCUT2D eigenvalue weighted by atomic mass is 9.94. The predicted octanol–water partition coefficient (Wildman–Crippen LogP) is 14.6. The van der Waals surface area contributed by atoms with Crippen LogP contribution >= 0.6 is 0 Å². The molecule has 14 heteroatoms. The molecule has 474 valence electrons. The van der Waals surface area contributed by atoms with Crippen LogP contribution in [0.4, 0.5) is 0 Å². The number of rotatable bonds is 53. The molecule has 0 aliphatic carbocycles. The third kappa shape index (κ3) is 27.5. The number of amides is 4. The van der Waals surface area contributed by atoms with E-state index in [2.05, 4.69) is 37.5 Å². The lowest BCUT2D eigenvalue weighted by Crippen LogP contribution is -2.38. The normalized spacial score (nSPS) is 14.7. The Morgan fingerprint density at radius 1 is 0.381 bits per heavy atom. The molecule has 4 amide bonds. The van der Waals surface area contributed by atoms with Crippen molar-refractivity contribution in [3.8, 4) is 0 Å². The maximum Gasteiger partial charge on any atom is 0.308 e. The highest BCUT2D eigenvalue weighted by atomic mass is 16.5. The van der Waals surface area contributed by atoms with Gasteiger partial charge in [0.25, 0.3) is 23.6 Å². The molecule has 2 aliphatic rings. The Hall–Kier alpha value is -4.50. The predicted molar refractivity (Wildman–Crippen MR) is 337 cm³/mol. The summed E-state index contributed by atoms with van der Waals surface area (Å²) in [5.74, 6) is -1.38. The summed E-state index contributed by atoms with van der Waals surface area (Å²) in [6, 6.07) is 13.8. The van der Waals surface area contributed by atoms with Crippen LogP contribution in [0.3, 0.4) is 0 Å². The van der Waals surface area contributed by atoms with Gasteiger partial charge in [-0.3, -0.25) is 38.6 Å². The van der Waals surface area contributed by atoms with Crippen LogP contribution in [0.1, 0.15) is 287 Å². The molecule has 4 atom stereocenters. The van der Waals surface area contributed by atoms with Gasteiger partial charge < -0.3 is 29.5 Å². The Balaban J connectivity index is 1.31. The minimum absolute atomic E-state index is 0.0499. The summed E-state index contributed by atoms with van der Waals surface area (Å²) in [5, 5.41) is 22.9. The van der Waals surface area contributed by atoms with Gasteiger partial charge in [0.2, 0.25) is 0 Å². The quantitative estimate of drug-likeness (QED) is 0.0365. The highest BCUT2D eigenvalue weighted by molar-refractivity contribution is 6.22. The lowest BCUT2D eigenvalue weighted by Gasteiger charge is -2.28. The van der Waals surface area contributed by atoms with E-state index in [0.717, 1.165) is 103 Å². The van der Waals surface area contributed by atoms with E-state index < -0.39 is 12.2 Å². The second-order valence-corrected chi connectivity index (χ2v) is 24.5. The number of esters is 2. The van der Waals surface area contributed by atoms with Crippen LogP contribution in [0.25, 0.3) is 0 Å². The van der Waals surface area contributed by atoms with Crippen molar-refractivity contribution in [1.29, 1.82) is 0 Å². The zero-order valence-corrected chi connectivity index (χ0v) is 53.0. The molecular formula is C70H114N4O10. The van der Waals surface area contributed by atoms with E-state index in [9.17, 15) is 39.0 Å². The topological polar surface area (TPSA) is 174 Å². The van der Waals surface area contributed by atoms with Crippen LogP contribution in [0.5, 0.6) is 0 Å². The smallest absolute Gasteiger partial charge is 0.308 e. The Bertz CT molecular complexity index is 1950. The zero-order chi connectivity index (χ0) is 60.6. The molecule has 0 aromatic heterocycles. The molecule has 14 nitrogen and oxygen atoms in total. The van der Waals surface area contributed by atoms with Gasteiger partial charge in [0.15, 0.2) is 0 Å². The first kappa shape index (κ1) is 72.0. The summed E-state index contributed by atoms with van der Waals surface area (Å²) < 4.78 is 11.7. The van der Waals surface area contributed by atoms with E-state index >= 15 is 0 Å². The Labute approximate surface area is 507 Å². The standard InChI is InChI=1S/C70H114N4O10/c1-5-9-13-17-19-23-39-57(37-21-15-11-7-3)69(81)83-53-33-29-41-59(75)55-71(49-35-51-73-65(77)61-43-25-26-44-62(61)66(73)78)47-31-32-48-72(50-36-52-74-67(79)63-45-27-28-46-64(63)68(74)80)56-60(76)42-30-34-54-84-70(82)58(38-22-16-12-8-4)40-24-20-18-14-10-6-2/h25-28,43-46,57-60,75-76H,5-24,29-42,47-56H2,1-4H3. The summed E-state index contributed by atoms with van der Waals surface area (Å²) in [5.41, 5.74) is 1.71. The molecular weight excluding hydrogens is 1060 g/mol. The summed E-state index contributed by atoms with van der Waals surface area (Å²) in [6.45, 7) is 13.4. The molecule has 2 aliphatic heterocycles. The van der Waals surface area contributed by atoms with Crippen molar-refractivity contribution < 1.29 is 48.5 Å². The van der Waals surface area contributed by atoms with Crippen LogP contribution in [0, 0.1) is 11.8 Å². The molecule has 2 heterocycles. The molecule has 4 unspecified atom stereocenters. The van der Waals surface area contributed by atoms with Crippen molar-refractivity contribution in [1.82, 2.24) is 19.6 Å². The molecule has 4 rings (SSSR count). The number of carbonyl (C=O) groups excluding carboxylic acids is 6. The van der Waals surface area contributed by atoms with Crippen molar-refractivity contribution >= 4 is 35.6 Å². The Morgan fingerprint density at radius 2 is 0.655 bits per heavy atom. The second-order valence-electron chi connectivity index (χ2n) is 24.5. The molecule has 0 fully saturated rings. The summed E-state index contributed by atoms with van der Waals surface area (Å²) >= 11 is 0. The van der Waals surface area contributed by atoms with Crippen LogP contribution < -0.4 is 0 Å². The molecule has 0 saturated carbocycles.